The maximum atomic E-state index is 10.1. The van der Waals surface area contributed by atoms with Crippen molar-refractivity contribution in [2.45, 2.75) is 0 Å². The fourth-order valence-corrected chi connectivity index (χ4v) is 12.3. The van der Waals surface area contributed by atoms with E-state index in [1.165, 1.54) is 0 Å². The van der Waals surface area contributed by atoms with E-state index in [-0.39, 0.29) is 0 Å². The first kappa shape index (κ1) is 23.3. The van der Waals surface area contributed by atoms with Crippen molar-refractivity contribution in [1.29, 1.82) is 0 Å². The molecule has 0 bridgehead atoms. The zero-order valence-electron chi connectivity index (χ0n) is 110. The second kappa shape index (κ2) is 23.3. The molecule has 21 aromatic rings. The Labute approximate surface area is 661 Å². The van der Waals surface area contributed by atoms with Crippen LogP contribution in [0.3, 0.4) is 0 Å². The van der Waals surface area contributed by atoms with Crippen LogP contribution in [0.2, 0.25) is 0 Å². The third-order valence-electron chi connectivity index (χ3n) is 16.5. The number of hydrogen-bond acceptors (Lipinski definition) is 2. The van der Waals surface area contributed by atoms with E-state index in [2.05, 4.69) is 0 Å². The van der Waals surface area contributed by atoms with Crippen LogP contribution in [0.1, 0.15) is 82.2 Å². The molecule has 2 heteroatoms. The molecule has 0 radical (unpaired) electrons. The van der Waals surface area contributed by atoms with Crippen molar-refractivity contribution in [2.75, 3.05) is 0 Å². The maximum Gasteiger partial charge on any atom is 0.136 e. The van der Waals surface area contributed by atoms with Crippen molar-refractivity contribution >= 4 is 130 Å². The molecule has 0 fully saturated rings. The van der Waals surface area contributed by atoms with Crippen molar-refractivity contribution in [3.63, 3.8) is 0 Å². The minimum atomic E-state index is -1.20. The van der Waals surface area contributed by atoms with Crippen LogP contribution >= 0.6 is 0 Å². The first-order valence-corrected chi connectivity index (χ1v) is 29.6. The summed E-state index contributed by atoms with van der Waals surface area (Å²) in [6, 6.07) is -58.4. The van der Waals surface area contributed by atoms with E-state index in [0.717, 1.165) is 0 Å². The predicted octanol–water partition coefficient (Wildman–Crippen LogP) is 28.1. The quantitative estimate of drug-likeness (QED) is 0.149. The average Bonchev–Trinajstić information content (AvgIpc) is 0.710. The van der Waals surface area contributed by atoms with Crippen LogP contribution in [0.4, 0.5) is 0 Å². The summed E-state index contributed by atoms with van der Waals surface area (Å²) in [6.45, 7) is 0. The Bertz CT molecular complexity index is 10500. The van der Waals surface area contributed by atoms with Crippen LogP contribution in [0.15, 0.2) is 371 Å². The van der Waals surface area contributed by atoms with Gasteiger partial charge in [-0.3, -0.25) is 0 Å². The number of furan rings is 2. The second-order valence-electron chi connectivity index (χ2n) is 21.8. The Morgan fingerprint density at radius 2 is 0.480 bits per heavy atom. The van der Waals surface area contributed by atoms with Gasteiger partial charge in [0, 0.05) is 21.5 Å². The maximum absolute atomic E-state index is 10.1. The molecule has 0 aliphatic heterocycles. The summed E-state index contributed by atoms with van der Waals surface area (Å²) in [5.41, 5.74) is -14.5. The molecule has 0 aliphatic carbocycles. The highest BCUT2D eigenvalue weighted by Crippen LogP contribution is 2.50. The molecule has 0 unspecified atom stereocenters. The predicted molar refractivity (Wildman–Crippen MR) is 426 cm³/mol. The van der Waals surface area contributed by atoms with Gasteiger partial charge in [0.1, 0.15) is 22.3 Å². The van der Waals surface area contributed by atoms with E-state index in [1.807, 2.05) is 0 Å². The zero-order valence-corrected chi connectivity index (χ0v) is 49.8. The van der Waals surface area contributed by atoms with Crippen molar-refractivity contribution in [2.24, 2.45) is 0 Å². The summed E-state index contributed by atoms with van der Waals surface area (Å²) in [4.78, 5) is 0. The Balaban J connectivity index is 0.000000191. The summed E-state index contributed by atoms with van der Waals surface area (Å²) >= 11 is 0. The van der Waals surface area contributed by atoms with E-state index < -0.39 is 570 Å². The Hall–Kier alpha value is -13.1. The van der Waals surface area contributed by atoms with Crippen LogP contribution in [0, 0.1) is 0 Å². The summed E-state index contributed by atoms with van der Waals surface area (Å²) in [6.07, 6.45) is 0. The molecular formula is C98H60O2. The first-order valence-electron chi connectivity index (χ1n) is 59.6. The van der Waals surface area contributed by atoms with E-state index in [0.29, 0.717) is 0 Å². The van der Waals surface area contributed by atoms with Gasteiger partial charge in [0.15, 0.2) is 0 Å². The molecule has 2 nitrogen and oxygen atoms in total. The fraction of sp³-hybridized carbons (Fsp3) is 0. The molecule has 0 atom stereocenters. The summed E-state index contributed by atoms with van der Waals surface area (Å²) in [5.74, 6) is 0. The molecule has 0 saturated heterocycles. The van der Waals surface area contributed by atoms with Gasteiger partial charge in [-0.05, 0) is 212 Å². The lowest BCUT2D eigenvalue weighted by molar-refractivity contribution is 0.669. The van der Waals surface area contributed by atoms with Gasteiger partial charge in [-0.25, -0.2) is 0 Å². The topological polar surface area (TPSA) is 26.3 Å². The van der Waals surface area contributed by atoms with E-state index >= 15 is 0 Å². The third kappa shape index (κ3) is 9.26. The van der Waals surface area contributed by atoms with Gasteiger partial charge in [-0.15, -0.1) is 0 Å². The van der Waals surface area contributed by atoms with Crippen LogP contribution in [-0.2, 0) is 0 Å². The van der Waals surface area contributed by atoms with Gasteiger partial charge in [-0.2, -0.15) is 0 Å². The number of rotatable bonds is 7. The molecule has 19 aromatic carbocycles. The van der Waals surface area contributed by atoms with Crippen LogP contribution in [-0.4, -0.2) is 0 Å². The lowest BCUT2D eigenvalue weighted by Crippen LogP contribution is -1.92. The number of fused-ring (bicyclic) bond motifs is 16. The second-order valence-corrected chi connectivity index (χ2v) is 21.8. The van der Waals surface area contributed by atoms with E-state index in [4.69, 9.17) is 59.6 Å². The Morgan fingerprint density at radius 3 is 0.960 bits per heavy atom. The lowest BCUT2D eigenvalue weighted by Gasteiger charge is -2.20. The molecule has 0 N–H and O–H groups in total. The average molecular weight is 1330 g/mol. The number of benzene rings is 19. The molecule has 0 amide bonds. The molecule has 0 spiro atoms. The smallest absolute Gasteiger partial charge is 0.136 e. The van der Waals surface area contributed by atoms with Crippen molar-refractivity contribution in [3.8, 4) is 77.9 Å². The van der Waals surface area contributed by atoms with Crippen molar-refractivity contribution in [3.05, 3.63) is 363 Å². The van der Waals surface area contributed by atoms with Gasteiger partial charge < -0.3 is 8.83 Å². The molecular weight excluding hydrogens is 1210 g/mol. The monoisotopic (exact) mass is 1330 g/mol. The van der Waals surface area contributed by atoms with Crippen LogP contribution < -0.4 is 0 Å². The number of hydrogen-bond donors (Lipinski definition) is 0. The molecule has 464 valence electrons. The molecule has 0 aliphatic rings. The lowest BCUT2D eigenvalue weighted by atomic mass is 9.83. The zero-order chi connectivity index (χ0) is 118. The fourth-order valence-electron chi connectivity index (χ4n) is 12.3. The molecule has 0 saturated carbocycles. The molecule has 21 rings (SSSR count). The largest absolute Gasteiger partial charge is 0.456 e. The third-order valence-corrected chi connectivity index (χ3v) is 16.5. The summed E-state index contributed by atoms with van der Waals surface area (Å²) in [7, 11) is 0. The standard InChI is InChI=1S/C50H30O.C48H30O/c1-2-13-33-29-34(22-21-31(33)11-1)36-25-26-44(39-16-6-5-15-38(36)39)49-42-19-9-7-17-40(42)48(41-18-8-10-20-43(41)49)35-24-27-46-45(30-35)50-37-14-4-3-12-32(37)23-28-47(50)51-46;1-3-13-31(14-4-1)36-26-23-34(29-42(36)32-15-5-2-6-16-32)46-38-19-9-11-21-40(38)47(41-22-12-10-20-39(41)46)35-25-27-44-43(30-35)48-37-18-8-7-17-33(37)24-28-45(48)49-44/h1-30H;1-30H/i2*1D,2D,3D,4D,5D,6D,7D,8D,9D,10D,11D,12D,13D,14D,15D,16D,17D,18D,19D,20D,21D,22D,23D,24D,25D,26D,27D,28D,29D,30D. The minimum absolute atomic E-state index is 0.430. The van der Waals surface area contributed by atoms with Crippen molar-refractivity contribution < 1.29 is 91.1 Å². The minimum Gasteiger partial charge on any atom is -0.456 e. The first-order chi connectivity index (χ1) is 74.6. The van der Waals surface area contributed by atoms with Crippen molar-refractivity contribution in [1.82, 2.24) is 0 Å². The van der Waals surface area contributed by atoms with Gasteiger partial charge in [0.2, 0.25) is 0 Å². The van der Waals surface area contributed by atoms with Gasteiger partial charge in [0.25, 0.3) is 0 Å². The van der Waals surface area contributed by atoms with Crippen LogP contribution in [0.5, 0.6) is 0 Å². The SMILES string of the molecule is [2H]c1c(-c2c3c([2H])c([2H])c([2H])c([2H])c3c(-c3c([2H])c([2H])c(-c4c([2H])c([2H])c5c([2H])c([2H])c([2H])c([2H])c5c4[2H])c4c([2H])c([2H])c([2H])c([2H])c34)c3c([2H])c([2H])c([2H])c([2H])c23)c([2H])c2c(oc3c([2H])c([2H])c4c([2H])c([2H])c([2H])c([2H])c4c32)c1[2H].[2H]c1c([2H])c([2H])c(-c2c([2H])c([2H])c(-c3c4c([2H])c([2H])c([2H])c([2H])c4c(-c4c([2H])c([2H])c5oc6c([2H])c([2H])c7c([2H])c([2H])c([2H])c([2H])c7c6c5c4[2H])c4c([2H])c([2H])c([2H])c([2H])c34)c([2H])c2-c2c([2H])c([2H])c([2H])c([2H])c2[2H])c([2H])c1[2H]. The molecule has 100 heavy (non-hydrogen) atoms. The molecule has 2 aromatic heterocycles. The van der Waals surface area contributed by atoms with Gasteiger partial charge >= 0.3 is 0 Å². The summed E-state index contributed by atoms with van der Waals surface area (Å²) < 4.78 is 557. The van der Waals surface area contributed by atoms with Gasteiger partial charge in [-0.1, -0.05) is 314 Å². The van der Waals surface area contributed by atoms with Gasteiger partial charge in [0.05, 0.1) is 82.2 Å². The molecule has 2 heterocycles. The van der Waals surface area contributed by atoms with Crippen LogP contribution in [0.25, 0.3) is 208 Å². The van der Waals surface area contributed by atoms with E-state index in [1.54, 1.807) is 0 Å². The Morgan fingerprint density at radius 1 is 0.160 bits per heavy atom. The van der Waals surface area contributed by atoms with E-state index in [9.17, 15) is 31.5 Å². The Kier molecular flexibility index (Phi) is 5.43. The summed E-state index contributed by atoms with van der Waals surface area (Å²) in [5, 5.41) is -13.3. The normalized spacial score (nSPS) is 20.2. The highest BCUT2D eigenvalue weighted by Gasteiger charge is 2.23. The highest BCUT2D eigenvalue weighted by molar-refractivity contribution is 6.27. The highest BCUT2D eigenvalue weighted by atomic mass is 16.3.